The van der Waals surface area contributed by atoms with Crippen LogP contribution in [-0.2, 0) is 40.0 Å². The number of carbonyl (C=O) groups excluding carboxylic acids is 4. The van der Waals surface area contributed by atoms with Crippen molar-refractivity contribution in [3.8, 4) is 0 Å². The van der Waals surface area contributed by atoms with Gasteiger partial charge in [0.05, 0.1) is 12.0 Å². The molecule has 2 aromatic rings. The number of nitrogen functional groups attached to an aromatic ring is 1. The fourth-order valence-corrected chi connectivity index (χ4v) is 7.24. The Morgan fingerprint density at radius 3 is 2.76 bits per heavy atom. The molecule has 21 heteroatoms. The maximum atomic E-state index is 13.6. The Balaban J connectivity index is 1.47. The molecule has 2 saturated heterocycles. The van der Waals surface area contributed by atoms with Gasteiger partial charge in [0, 0.05) is 36.1 Å². The number of ether oxygens (including phenoxy) is 2. The lowest BCUT2D eigenvalue weighted by molar-refractivity contribution is -0.180. The first-order valence-corrected chi connectivity index (χ1v) is 16.3. The minimum atomic E-state index is -1.22. The van der Waals surface area contributed by atoms with Crippen LogP contribution in [0.3, 0.4) is 0 Å². The Morgan fingerprint density at radius 1 is 1.31 bits per heavy atom. The Hall–Kier alpha value is -3.82. The van der Waals surface area contributed by atoms with Crippen molar-refractivity contribution in [1.29, 1.82) is 0 Å². The summed E-state index contributed by atoms with van der Waals surface area (Å²) in [5, 5.41) is 18.1. The van der Waals surface area contributed by atoms with Crippen molar-refractivity contribution in [1.82, 2.24) is 39.8 Å². The quantitative estimate of drug-likeness (QED) is 0.0324. The number of thioether (sulfide) groups is 2. The summed E-state index contributed by atoms with van der Waals surface area (Å²) in [6.07, 6.45) is 1.44. The normalized spacial score (nSPS) is 21.4. The number of nitrogens with two attached hydrogens (primary N) is 2. The molecule has 2 amide bonds. The van der Waals surface area contributed by atoms with Gasteiger partial charge in [0.25, 0.3) is 5.91 Å². The molecule has 0 bridgehead atoms. The van der Waals surface area contributed by atoms with Gasteiger partial charge in [-0.3, -0.25) is 19.2 Å². The molecule has 0 saturated carbocycles. The molecule has 0 spiro atoms. The molecule has 45 heavy (non-hydrogen) atoms. The Morgan fingerprint density at radius 2 is 2.09 bits per heavy atom. The number of carbonyl (C=O) groups is 4. The molecule has 244 valence electrons. The number of esters is 2. The number of aromatic nitrogens is 6. The highest BCUT2D eigenvalue weighted by Crippen LogP contribution is 2.45. The van der Waals surface area contributed by atoms with E-state index in [2.05, 4.69) is 41.9 Å². The van der Waals surface area contributed by atoms with Crippen molar-refractivity contribution in [2.24, 2.45) is 21.7 Å². The first-order valence-electron chi connectivity index (χ1n) is 13.5. The van der Waals surface area contributed by atoms with Crippen LogP contribution in [0.25, 0.3) is 0 Å². The summed E-state index contributed by atoms with van der Waals surface area (Å²) in [7, 11) is 0. The van der Waals surface area contributed by atoms with Gasteiger partial charge < -0.3 is 36.0 Å². The van der Waals surface area contributed by atoms with Gasteiger partial charge in [-0.1, -0.05) is 29.6 Å². The molecule has 2 aromatic heterocycles. The van der Waals surface area contributed by atoms with E-state index in [1.54, 1.807) is 20.8 Å². The van der Waals surface area contributed by atoms with E-state index >= 15 is 0 Å². The van der Waals surface area contributed by atoms with Gasteiger partial charge in [0.15, 0.2) is 5.13 Å². The molecular weight excluding hydrogens is 651 g/mol. The predicted molar refractivity (Wildman–Crippen MR) is 163 cm³/mol. The second-order valence-electron chi connectivity index (χ2n) is 10.9. The molecular formula is C24H33N11O7S3. The van der Waals surface area contributed by atoms with Crippen molar-refractivity contribution >= 4 is 69.7 Å². The molecule has 5 N–H and O–H groups in total. The summed E-state index contributed by atoms with van der Waals surface area (Å²) < 4.78 is 16.1. The van der Waals surface area contributed by atoms with Gasteiger partial charge in [-0.05, 0) is 31.2 Å². The number of oxime groups is 1. The summed E-state index contributed by atoms with van der Waals surface area (Å²) in [5.41, 5.74) is 9.04. The molecule has 4 rings (SSSR count). The van der Waals surface area contributed by atoms with E-state index in [4.69, 9.17) is 25.8 Å². The number of nitrogens with one attached hydrogen (secondary N) is 1. The monoisotopic (exact) mass is 683 g/mol. The van der Waals surface area contributed by atoms with E-state index < -0.39 is 52.8 Å². The first-order chi connectivity index (χ1) is 21.4. The second kappa shape index (κ2) is 14.5. The van der Waals surface area contributed by atoms with Crippen LogP contribution in [-0.4, -0.2) is 113 Å². The number of nitrogens with zero attached hydrogens (tertiary/aromatic N) is 8. The lowest BCUT2D eigenvalue weighted by Crippen LogP contribution is -2.74. The molecule has 0 aliphatic carbocycles. The number of amides is 2. The predicted octanol–water partition coefficient (Wildman–Crippen LogP) is -0.759. The molecule has 18 nitrogen and oxygen atoms in total. The van der Waals surface area contributed by atoms with Crippen LogP contribution in [0.4, 0.5) is 5.13 Å². The van der Waals surface area contributed by atoms with Crippen molar-refractivity contribution in [2.75, 3.05) is 43.7 Å². The minimum absolute atomic E-state index is 0.0230. The summed E-state index contributed by atoms with van der Waals surface area (Å²) in [6, 6.07) is -0.922. The SMILES string of the molecule is C=CCON=C(C(=O)NC1C(=O)N2CC(CSc3nnnn3CCN)(C(=O)OCOC(=O)C(C)(C)C)CS[C@H]12)c1nsc(N)n1. The smallest absolute Gasteiger partial charge is 0.318 e. The molecule has 0 aromatic carbocycles. The number of β-lactam (4-membered cyclic amide) rings is 1. The van der Waals surface area contributed by atoms with Gasteiger partial charge >= 0.3 is 11.9 Å². The summed E-state index contributed by atoms with van der Waals surface area (Å²) >= 11 is 3.37. The maximum absolute atomic E-state index is 13.6. The fourth-order valence-electron chi connectivity index (χ4n) is 4.05. The van der Waals surface area contributed by atoms with Gasteiger partial charge in [-0.2, -0.15) is 9.36 Å². The number of tetrazole rings is 1. The molecule has 0 radical (unpaired) electrons. The Labute approximate surface area is 270 Å². The number of hydrogen-bond donors (Lipinski definition) is 3. The van der Waals surface area contributed by atoms with Crippen LogP contribution < -0.4 is 16.8 Å². The summed E-state index contributed by atoms with van der Waals surface area (Å²) in [6.45, 7) is 8.64. The topological polar surface area (TPSA) is 245 Å². The molecule has 3 atom stereocenters. The van der Waals surface area contributed by atoms with Crippen LogP contribution >= 0.6 is 35.1 Å². The lowest BCUT2D eigenvalue weighted by atomic mass is 9.89. The van der Waals surface area contributed by atoms with Crippen LogP contribution in [0.5, 0.6) is 0 Å². The third-order valence-corrected chi connectivity index (χ3v) is 9.77. The van der Waals surface area contributed by atoms with E-state index in [-0.39, 0.29) is 41.3 Å². The third kappa shape index (κ3) is 7.89. The first kappa shape index (κ1) is 34.1. The third-order valence-electron chi connectivity index (χ3n) is 6.39. The standard InChI is InChI=1S/C24H33N11O7S3/c1-5-8-42-30-13(15-28-21(26)45-31-15)16(36)27-14-17(37)34-9-24(10-43-18(14)34,11-44-22-29-32-33-35(22)7-6-25)20(39)41-12-40-19(38)23(2,3)4/h5,14,18H,1,6-12,25H2,2-4H3,(H,27,36)(H2,26,28,31)/t14?,18-,24?/m1/s1. The minimum Gasteiger partial charge on any atom is -0.427 e. The highest BCUT2D eigenvalue weighted by atomic mass is 32.2. The average molecular weight is 684 g/mol. The Bertz CT molecular complexity index is 1460. The largest absolute Gasteiger partial charge is 0.427 e. The van der Waals surface area contributed by atoms with Crippen molar-refractivity contribution in [2.45, 2.75) is 43.9 Å². The summed E-state index contributed by atoms with van der Waals surface area (Å²) in [4.78, 5) is 62.8. The molecule has 4 heterocycles. The number of rotatable bonds is 14. The van der Waals surface area contributed by atoms with Crippen LogP contribution in [0.2, 0.25) is 0 Å². The van der Waals surface area contributed by atoms with Crippen molar-refractivity contribution in [3.05, 3.63) is 18.5 Å². The van der Waals surface area contributed by atoms with Crippen molar-refractivity contribution < 1.29 is 33.5 Å². The maximum Gasteiger partial charge on any atom is 0.318 e. The van der Waals surface area contributed by atoms with E-state index in [1.807, 2.05) is 0 Å². The second-order valence-corrected chi connectivity index (χ2v) is 13.7. The zero-order valence-electron chi connectivity index (χ0n) is 24.7. The average Bonchev–Trinajstić information content (AvgIpc) is 3.64. The van der Waals surface area contributed by atoms with E-state index in [0.717, 1.165) is 11.5 Å². The van der Waals surface area contributed by atoms with Gasteiger partial charge in [-0.15, -0.1) is 16.9 Å². The van der Waals surface area contributed by atoms with Gasteiger partial charge in [0.2, 0.25) is 29.4 Å². The van der Waals surface area contributed by atoms with Crippen LogP contribution in [0.1, 0.15) is 26.6 Å². The van der Waals surface area contributed by atoms with E-state index in [1.165, 1.54) is 39.2 Å². The van der Waals surface area contributed by atoms with Gasteiger partial charge in [-0.25, -0.2) is 4.68 Å². The fraction of sp³-hybridized carbons (Fsp3) is 0.583. The molecule has 2 unspecified atom stereocenters. The zero-order valence-corrected chi connectivity index (χ0v) is 27.2. The highest BCUT2D eigenvalue weighted by molar-refractivity contribution is 8.00. The Kier molecular flexibility index (Phi) is 11.0. The lowest BCUT2D eigenvalue weighted by Gasteiger charge is -2.54. The van der Waals surface area contributed by atoms with Crippen LogP contribution in [0, 0.1) is 10.8 Å². The number of anilines is 1. The van der Waals surface area contributed by atoms with E-state index in [9.17, 15) is 19.2 Å². The molecule has 2 aliphatic rings. The highest BCUT2D eigenvalue weighted by Gasteiger charge is 2.58. The number of fused-ring (bicyclic) bond motifs is 1. The van der Waals surface area contributed by atoms with Crippen molar-refractivity contribution in [3.63, 3.8) is 0 Å². The molecule has 2 aliphatic heterocycles. The van der Waals surface area contributed by atoms with Gasteiger partial charge in [0.1, 0.15) is 23.4 Å². The summed E-state index contributed by atoms with van der Waals surface area (Å²) in [5.74, 6) is -2.08. The zero-order chi connectivity index (χ0) is 32.8. The van der Waals surface area contributed by atoms with E-state index in [0.29, 0.717) is 18.2 Å². The van der Waals surface area contributed by atoms with Crippen LogP contribution in [0.15, 0.2) is 23.0 Å². The molecule has 2 fully saturated rings. The number of hydrogen-bond acceptors (Lipinski definition) is 18.